The number of benzene rings is 1. The third-order valence-corrected chi connectivity index (χ3v) is 6.20. The predicted octanol–water partition coefficient (Wildman–Crippen LogP) is 3.40. The van der Waals surface area contributed by atoms with E-state index in [1.54, 1.807) is 17.4 Å². The Hall–Kier alpha value is -3.06. The van der Waals surface area contributed by atoms with E-state index in [9.17, 15) is 9.59 Å². The maximum absolute atomic E-state index is 12.9. The first kappa shape index (κ1) is 19.3. The van der Waals surface area contributed by atoms with Gasteiger partial charge in [0.25, 0.3) is 11.5 Å². The summed E-state index contributed by atoms with van der Waals surface area (Å²) in [4.78, 5) is 31.5. The number of thiophene rings is 1. The molecule has 1 aromatic carbocycles. The Labute approximate surface area is 172 Å². The number of nitrogens with one attached hydrogen (secondary N) is 1. The maximum Gasteiger partial charge on any atom is 0.262 e. The molecule has 0 saturated carbocycles. The van der Waals surface area contributed by atoms with Crippen LogP contribution < -0.4 is 11.0 Å². The van der Waals surface area contributed by atoms with Gasteiger partial charge in [0.15, 0.2) is 0 Å². The Morgan fingerprint density at radius 3 is 3.03 bits per heavy atom. The standard InChI is InChI=1S/C22H22N4O2S/c1-15-9-10-17-18(12-15)29-21-20(17)22(28)26(14-23-21)13-19(27)25-24-11-5-8-16-6-3-2-4-7-16/h2-8,11,14-15H,9-10,12-13H2,1H3,(H,25,27)/b8-5+,24-11+/t15-/m0/s1. The van der Waals surface area contributed by atoms with E-state index in [4.69, 9.17) is 0 Å². The summed E-state index contributed by atoms with van der Waals surface area (Å²) in [6.07, 6.45) is 9.58. The SMILES string of the molecule is C[C@H]1CCc2c(sc3ncn(CC(=O)N/N=C/C=C/c4ccccc4)c(=O)c23)C1. The molecule has 6 nitrogen and oxygen atoms in total. The molecule has 29 heavy (non-hydrogen) atoms. The zero-order valence-electron chi connectivity index (χ0n) is 16.2. The van der Waals surface area contributed by atoms with E-state index in [1.807, 2.05) is 36.4 Å². The molecule has 4 rings (SSSR count). The van der Waals surface area contributed by atoms with E-state index < -0.39 is 0 Å². The number of carbonyl (C=O) groups excluding carboxylic acids is 1. The molecule has 0 bridgehead atoms. The molecule has 7 heteroatoms. The van der Waals surface area contributed by atoms with Crippen molar-refractivity contribution in [2.75, 3.05) is 0 Å². The first-order chi connectivity index (χ1) is 14.1. The van der Waals surface area contributed by atoms with E-state index in [1.165, 1.54) is 22.0 Å². The van der Waals surface area contributed by atoms with Gasteiger partial charge in [-0.05, 0) is 42.4 Å². The minimum absolute atomic E-state index is 0.109. The third kappa shape index (κ3) is 4.35. The molecule has 0 spiro atoms. The second-order valence-electron chi connectivity index (χ2n) is 7.29. The molecule has 1 amide bonds. The summed E-state index contributed by atoms with van der Waals surface area (Å²) in [6, 6.07) is 9.80. The minimum atomic E-state index is -0.365. The zero-order chi connectivity index (χ0) is 20.2. The molecule has 0 saturated heterocycles. The number of allylic oxidation sites excluding steroid dienone is 1. The van der Waals surface area contributed by atoms with Crippen molar-refractivity contribution < 1.29 is 4.79 Å². The van der Waals surface area contributed by atoms with Crippen LogP contribution in [0.25, 0.3) is 16.3 Å². The molecule has 0 fully saturated rings. The number of rotatable bonds is 5. The zero-order valence-corrected chi connectivity index (χ0v) is 17.0. The van der Waals surface area contributed by atoms with Crippen LogP contribution in [0.1, 0.15) is 29.3 Å². The highest BCUT2D eigenvalue weighted by molar-refractivity contribution is 7.18. The van der Waals surface area contributed by atoms with Gasteiger partial charge in [-0.1, -0.05) is 43.3 Å². The number of carbonyl (C=O) groups is 1. The van der Waals surface area contributed by atoms with E-state index >= 15 is 0 Å². The fourth-order valence-corrected chi connectivity index (χ4v) is 4.88. The molecule has 1 aliphatic rings. The molecule has 3 aromatic rings. The van der Waals surface area contributed by atoms with Crippen molar-refractivity contribution in [2.45, 2.75) is 32.7 Å². The van der Waals surface area contributed by atoms with Crippen molar-refractivity contribution in [1.29, 1.82) is 0 Å². The van der Waals surface area contributed by atoms with Gasteiger partial charge in [0.2, 0.25) is 0 Å². The Morgan fingerprint density at radius 2 is 2.21 bits per heavy atom. The summed E-state index contributed by atoms with van der Waals surface area (Å²) in [7, 11) is 0. The van der Waals surface area contributed by atoms with Crippen LogP contribution in [0.3, 0.4) is 0 Å². The molecular weight excluding hydrogens is 384 g/mol. The monoisotopic (exact) mass is 406 g/mol. The largest absolute Gasteiger partial charge is 0.289 e. The normalized spacial score (nSPS) is 16.5. The summed E-state index contributed by atoms with van der Waals surface area (Å²) < 4.78 is 1.36. The maximum atomic E-state index is 12.9. The average Bonchev–Trinajstić information content (AvgIpc) is 3.09. The second kappa shape index (κ2) is 8.53. The van der Waals surface area contributed by atoms with Crippen molar-refractivity contribution in [3.05, 3.63) is 69.1 Å². The average molecular weight is 407 g/mol. The first-order valence-corrected chi connectivity index (χ1v) is 10.5. The highest BCUT2D eigenvalue weighted by Gasteiger charge is 2.23. The Balaban J connectivity index is 1.43. The van der Waals surface area contributed by atoms with Crippen LogP contribution in [-0.4, -0.2) is 21.7 Å². The fraction of sp³-hybridized carbons (Fsp3) is 0.273. The molecule has 1 atom stereocenters. The van der Waals surface area contributed by atoms with Crippen LogP contribution in [-0.2, 0) is 24.2 Å². The summed E-state index contributed by atoms with van der Waals surface area (Å²) in [6.45, 7) is 2.13. The van der Waals surface area contributed by atoms with Crippen molar-refractivity contribution in [2.24, 2.45) is 11.0 Å². The van der Waals surface area contributed by atoms with Crippen LogP contribution in [0, 0.1) is 5.92 Å². The van der Waals surface area contributed by atoms with Crippen molar-refractivity contribution in [3.63, 3.8) is 0 Å². The minimum Gasteiger partial charge on any atom is -0.289 e. The van der Waals surface area contributed by atoms with Crippen LogP contribution in [0.4, 0.5) is 0 Å². The van der Waals surface area contributed by atoms with Gasteiger partial charge in [-0.25, -0.2) is 10.4 Å². The topological polar surface area (TPSA) is 76.3 Å². The molecular formula is C22H22N4O2S. The molecule has 2 heterocycles. The number of hydrogen-bond donors (Lipinski definition) is 1. The number of hydrazone groups is 1. The third-order valence-electron chi connectivity index (χ3n) is 5.03. The van der Waals surface area contributed by atoms with E-state index in [0.717, 1.165) is 35.2 Å². The van der Waals surface area contributed by atoms with Crippen molar-refractivity contribution in [1.82, 2.24) is 15.0 Å². The predicted molar refractivity (Wildman–Crippen MR) is 117 cm³/mol. The lowest BCUT2D eigenvalue weighted by Gasteiger charge is -2.17. The molecule has 0 aliphatic heterocycles. The van der Waals surface area contributed by atoms with Gasteiger partial charge in [-0.15, -0.1) is 11.3 Å². The van der Waals surface area contributed by atoms with Crippen LogP contribution in [0.15, 0.2) is 52.6 Å². The van der Waals surface area contributed by atoms with Crippen molar-refractivity contribution in [3.8, 4) is 0 Å². The number of aryl methyl sites for hydroxylation is 1. The molecule has 148 valence electrons. The quantitative estimate of drug-likeness (QED) is 0.521. The van der Waals surface area contributed by atoms with Gasteiger partial charge in [0.1, 0.15) is 11.4 Å². The number of amides is 1. The van der Waals surface area contributed by atoms with Crippen LogP contribution in [0.5, 0.6) is 0 Å². The van der Waals surface area contributed by atoms with Gasteiger partial charge in [0, 0.05) is 11.1 Å². The molecule has 0 radical (unpaired) electrons. The lowest BCUT2D eigenvalue weighted by molar-refractivity contribution is -0.121. The summed E-state index contributed by atoms with van der Waals surface area (Å²) in [5, 5.41) is 4.58. The number of nitrogens with zero attached hydrogens (tertiary/aromatic N) is 3. The van der Waals surface area contributed by atoms with Crippen LogP contribution >= 0.6 is 11.3 Å². The number of fused-ring (bicyclic) bond motifs is 3. The Bertz CT molecular complexity index is 1140. The lowest BCUT2D eigenvalue weighted by Crippen LogP contribution is -2.30. The molecule has 2 aromatic heterocycles. The van der Waals surface area contributed by atoms with Gasteiger partial charge in [-0.3, -0.25) is 14.2 Å². The van der Waals surface area contributed by atoms with Gasteiger partial charge in [0.05, 0.1) is 11.7 Å². The summed E-state index contributed by atoms with van der Waals surface area (Å²) in [5.74, 6) is 0.271. The Morgan fingerprint density at radius 1 is 1.38 bits per heavy atom. The lowest BCUT2D eigenvalue weighted by atomic mass is 9.89. The van der Waals surface area contributed by atoms with E-state index in [-0.39, 0.29) is 18.0 Å². The highest BCUT2D eigenvalue weighted by atomic mass is 32.1. The molecule has 1 aliphatic carbocycles. The first-order valence-electron chi connectivity index (χ1n) is 9.65. The highest BCUT2D eigenvalue weighted by Crippen LogP contribution is 2.35. The number of aromatic nitrogens is 2. The number of hydrogen-bond acceptors (Lipinski definition) is 5. The fourth-order valence-electron chi connectivity index (χ4n) is 3.54. The van der Waals surface area contributed by atoms with Gasteiger partial charge in [-0.2, -0.15) is 5.10 Å². The van der Waals surface area contributed by atoms with E-state index in [2.05, 4.69) is 22.4 Å². The second-order valence-corrected chi connectivity index (χ2v) is 8.38. The van der Waals surface area contributed by atoms with Gasteiger partial charge >= 0.3 is 0 Å². The summed E-state index contributed by atoms with van der Waals surface area (Å²) in [5.41, 5.74) is 4.47. The summed E-state index contributed by atoms with van der Waals surface area (Å²) >= 11 is 1.61. The van der Waals surface area contributed by atoms with Crippen LogP contribution in [0.2, 0.25) is 0 Å². The Kier molecular flexibility index (Phi) is 5.67. The molecule has 1 N–H and O–H groups in total. The van der Waals surface area contributed by atoms with E-state index in [0.29, 0.717) is 11.3 Å². The smallest absolute Gasteiger partial charge is 0.262 e. The van der Waals surface area contributed by atoms with Gasteiger partial charge < -0.3 is 0 Å². The van der Waals surface area contributed by atoms with Crippen molar-refractivity contribution >= 4 is 39.8 Å². The molecule has 0 unspecified atom stereocenters.